The summed E-state index contributed by atoms with van der Waals surface area (Å²) in [5.74, 6) is 0. The molecule has 134 valence electrons. The summed E-state index contributed by atoms with van der Waals surface area (Å²) in [6.07, 6.45) is 1.65. The van der Waals surface area contributed by atoms with Crippen LogP contribution in [0.4, 0.5) is 5.69 Å². The smallest absolute Gasteiger partial charge is 0.263 e. The molecule has 0 radical (unpaired) electrons. The van der Waals surface area contributed by atoms with Gasteiger partial charge in [0.05, 0.1) is 10.6 Å². The van der Waals surface area contributed by atoms with Gasteiger partial charge in [0.15, 0.2) is 0 Å². The third-order valence-electron chi connectivity index (χ3n) is 3.67. The molecule has 0 saturated heterocycles. The second-order valence-electron chi connectivity index (χ2n) is 5.96. The number of benzene rings is 2. The first-order chi connectivity index (χ1) is 11.7. The summed E-state index contributed by atoms with van der Waals surface area (Å²) in [6, 6.07) is 10.6. The molecule has 0 amide bonds. The highest BCUT2D eigenvalue weighted by molar-refractivity contribution is 9.10. The number of sulfonamides is 2. The summed E-state index contributed by atoms with van der Waals surface area (Å²) in [5.41, 5.74) is 1.11. The maximum absolute atomic E-state index is 12.6. The lowest BCUT2D eigenvalue weighted by molar-refractivity contribution is 0.581. The number of hydrogen-bond acceptors (Lipinski definition) is 4. The van der Waals surface area contributed by atoms with Gasteiger partial charge in [0.25, 0.3) is 10.0 Å². The average Bonchev–Trinajstić information content (AvgIpc) is 3.30. The lowest BCUT2D eigenvalue weighted by atomic mass is 10.2. The number of hydrogen-bond donors (Lipinski definition) is 2. The van der Waals surface area contributed by atoms with E-state index in [0.29, 0.717) is 4.47 Å². The largest absolute Gasteiger partial charge is 0.280 e. The van der Waals surface area contributed by atoms with E-state index in [1.807, 2.05) is 6.92 Å². The van der Waals surface area contributed by atoms with Crippen molar-refractivity contribution in [3.63, 3.8) is 0 Å². The van der Waals surface area contributed by atoms with Gasteiger partial charge in [-0.2, -0.15) is 0 Å². The lowest BCUT2D eigenvalue weighted by Crippen LogP contribution is -2.25. The second kappa shape index (κ2) is 6.71. The van der Waals surface area contributed by atoms with Crippen LogP contribution in [0.5, 0.6) is 0 Å². The van der Waals surface area contributed by atoms with E-state index >= 15 is 0 Å². The first-order valence-electron chi connectivity index (χ1n) is 7.59. The summed E-state index contributed by atoms with van der Waals surface area (Å²) in [7, 11) is -7.49. The first-order valence-corrected chi connectivity index (χ1v) is 11.3. The molecular formula is C16H17BrN2O4S2. The topological polar surface area (TPSA) is 92.3 Å². The summed E-state index contributed by atoms with van der Waals surface area (Å²) in [5, 5.41) is 0. The quantitative estimate of drug-likeness (QED) is 0.715. The highest BCUT2D eigenvalue weighted by Crippen LogP contribution is 2.27. The van der Waals surface area contributed by atoms with Crippen molar-refractivity contribution in [3.05, 3.63) is 52.5 Å². The molecule has 9 heteroatoms. The normalized spacial score (nSPS) is 15.1. The zero-order valence-electron chi connectivity index (χ0n) is 13.4. The van der Waals surface area contributed by atoms with E-state index in [0.717, 1.165) is 18.4 Å². The first kappa shape index (κ1) is 18.4. The van der Waals surface area contributed by atoms with Crippen LogP contribution in [0.15, 0.2) is 56.7 Å². The van der Waals surface area contributed by atoms with Crippen molar-refractivity contribution >= 4 is 41.7 Å². The summed E-state index contributed by atoms with van der Waals surface area (Å²) >= 11 is 3.25. The molecule has 6 nitrogen and oxygen atoms in total. The number of nitrogens with one attached hydrogen (secondary N) is 2. The monoisotopic (exact) mass is 444 g/mol. The van der Waals surface area contributed by atoms with Crippen molar-refractivity contribution in [2.24, 2.45) is 0 Å². The van der Waals surface area contributed by atoms with Crippen molar-refractivity contribution in [3.8, 4) is 0 Å². The van der Waals surface area contributed by atoms with Gasteiger partial charge in [0.1, 0.15) is 4.90 Å². The van der Waals surface area contributed by atoms with Crippen LogP contribution < -0.4 is 9.44 Å². The van der Waals surface area contributed by atoms with Crippen LogP contribution in [0.2, 0.25) is 0 Å². The van der Waals surface area contributed by atoms with Crippen molar-refractivity contribution in [1.82, 2.24) is 4.72 Å². The van der Waals surface area contributed by atoms with Crippen LogP contribution in [0.25, 0.3) is 0 Å². The minimum absolute atomic E-state index is 0.0196. The molecule has 1 aliphatic rings. The summed E-state index contributed by atoms with van der Waals surface area (Å²) < 4.78 is 55.1. The van der Waals surface area contributed by atoms with Crippen molar-refractivity contribution < 1.29 is 16.8 Å². The fourth-order valence-electron chi connectivity index (χ4n) is 2.25. The third-order valence-corrected chi connectivity index (χ3v) is 7.55. The zero-order valence-corrected chi connectivity index (χ0v) is 16.6. The van der Waals surface area contributed by atoms with Crippen molar-refractivity contribution in [2.45, 2.75) is 35.6 Å². The van der Waals surface area contributed by atoms with Gasteiger partial charge >= 0.3 is 0 Å². The molecule has 0 atom stereocenters. The molecule has 0 aromatic heterocycles. The van der Waals surface area contributed by atoms with Gasteiger partial charge in [0.2, 0.25) is 10.0 Å². The molecule has 0 bridgehead atoms. The molecule has 1 aliphatic carbocycles. The Hall–Kier alpha value is -1.42. The zero-order chi connectivity index (χ0) is 18.2. The van der Waals surface area contributed by atoms with Gasteiger partial charge in [-0.1, -0.05) is 12.1 Å². The highest BCUT2D eigenvalue weighted by atomic mass is 79.9. The van der Waals surface area contributed by atoms with Gasteiger partial charge in [-0.05, 0) is 71.6 Å². The molecular weight excluding hydrogens is 428 g/mol. The van der Waals surface area contributed by atoms with Crippen LogP contribution in [0, 0.1) is 6.92 Å². The Morgan fingerprint density at radius 1 is 1.00 bits per heavy atom. The van der Waals surface area contributed by atoms with Crippen LogP contribution >= 0.6 is 15.9 Å². The van der Waals surface area contributed by atoms with Gasteiger partial charge in [0, 0.05) is 10.5 Å². The van der Waals surface area contributed by atoms with Gasteiger partial charge in [-0.25, -0.2) is 21.6 Å². The average molecular weight is 445 g/mol. The molecule has 2 N–H and O–H groups in total. The predicted octanol–water partition coefficient (Wildman–Crippen LogP) is 3.00. The number of halogens is 1. The van der Waals surface area contributed by atoms with Crippen LogP contribution in [0.3, 0.4) is 0 Å². The standard InChI is InChI=1S/C16H17BrN2O4S2/c1-11-5-8-16(15(17)9-11)25(22,23)19-13-3-2-4-14(10-13)24(20,21)18-12-6-7-12/h2-5,8-10,12,18-19H,6-7H2,1H3. The fourth-order valence-corrected chi connectivity index (χ4v) is 5.84. The Bertz CT molecular complexity index is 1020. The summed E-state index contributed by atoms with van der Waals surface area (Å²) in [6.45, 7) is 1.86. The van der Waals surface area contributed by atoms with Crippen molar-refractivity contribution in [1.29, 1.82) is 0 Å². The molecule has 25 heavy (non-hydrogen) atoms. The number of rotatable bonds is 6. The highest BCUT2D eigenvalue weighted by Gasteiger charge is 2.28. The lowest BCUT2D eigenvalue weighted by Gasteiger charge is -2.12. The Balaban J connectivity index is 1.88. The minimum Gasteiger partial charge on any atom is -0.280 e. The Morgan fingerprint density at radius 3 is 2.36 bits per heavy atom. The fraction of sp³-hybridized carbons (Fsp3) is 0.250. The molecule has 0 heterocycles. The van der Waals surface area contributed by atoms with Crippen LogP contribution in [-0.2, 0) is 20.0 Å². The van der Waals surface area contributed by atoms with E-state index in [1.165, 1.54) is 30.3 Å². The van der Waals surface area contributed by atoms with Gasteiger partial charge in [-0.15, -0.1) is 0 Å². The van der Waals surface area contributed by atoms with E-state index in [9.17, 15) is 16.8 Å². The van der Waals surface area contributed by atoms with Crippen molar-refractivity contribution in [2.75, 3.05) is 4.72 Å². The third kappa shape index (κ3) is 4.41. The maximum atomic E-state index is 12.6. The molecule has 2 aromatic rings. The number of aryl methyl sites for hydroxylation is 1. The Morgan fingerprint density at radius 2 is 1.72 bits per heavy atom. The van der Waals surface area contributed by atoms with Crippen LogP contribution in [0.1, 0.15) is 18.4 Å². The van der Waals surface area contributed by atoms with Gasteiger partial charge < -0.3 is 0 Å². The molecule has 0 unspecified atom stereocenters. The van der Waals surface area contributed by atoms with E-state index in [4.69, 9.17) is 0 Å². The van der Waals surface area contributed by atoms with Crippen LogP contribution in [-0.4, -0.2) is 22.9 Å². The van der Waals surface area contributed by atoms with E-state index in [2.05, 4.69) is 25.4 Å². The van der Waals surface area contributed by atoms with Gasteiger partial charge in [-0.3, -0.25) is 4.72 Å². The molecule has 1 saturated carbocycles. The molecule has 0 spiro atoms. The second-order valence-corrected chi connectivity index (χ2v) is 10.2. The van der Waals surface area contributed by atoms with E-state index in [-0.39, 0.29) is 21.5 Å². The summed E-state index contributed by atoms with van der Waals surface area (Å²) in [4.78, 5) is 0.116. The maximum Gasteiger partial charge on any atom is 0.263 e. The SMILES string of the molecule is Cc1ccc(S(=O)(=O)Nc2cccc(S(=O)(=O)NC3CC3)c2)c(Br)c1. The van der Waals surface area contributed by atoms with E-state index < -0.39 is 20.0 Å². The minimum atomic E-state index is -3.85. The number of anilines is 1. The molecule has 2 aromatic carbocycles. The Labute approximate surface area is 155 Å². The molecule has 3 rings (SSSR count). The predicted molar refractivity (Wildman–Crippen MR) is 99.5 cm³/mol. The molecule has 1 fully saturated rings. The van der Waals surface area contributed by atoms with E-state index in [1.54, 1.807) is 12.1 Å². The Kier molecular flexibility index (Phi) is 4.93. The molecule has 0 aliphatic heterocycles.